The number of sulfone groups is 1. The number of rotatable bonds is 5. The Hall–Kier alpha value is -3.25. The van der Waals surface area contributed by atoms with Gasteiger partial charge in [-0.1, -0.05) is 42.1 Å². The van der Waals surface area contributed by atoms with E-state index in [-0.39, 0.29) is 36.0 Å². The van der Waals surface area contributed by atoms with E-state index in [1.165, 1.54) is 11.8 Å². The van der Waals surface area contributed by atoms with Crippen molar-refractivity contribution in [3.63, 3.8) is 0 Å². The zero-order chi connectivity index (χ0) is 27.1. The second-order valence-corrected chi connectivity index (χ2v) is 13.7. The number of carbonyl (C=O) groups excluding carboxylic acids is 2. The van der Waals surface area contributed by atoms with E-state index in [4.69, 9.17) is 14.2 Å². The number of nitrogens with one attached hydrogen (secondary N) is 1. The van der Waals surface area contributed by atoms with E-state index in [0.29, 0.717) is 22.4 Å². The van der Waals surface area contributed by atoms with E-state index in [0.717, 1.165) is 5.56 Å². The fourth-order valence-corrected chi connectivity index (χ4v) is 8.49. The van der Waals surface area contributed by atoms with E-state index in [9.17, 15) is 18.0 Å². The first kappa shape index (κ1) is 26.4. The second-order valence-electron chi connectivity index (χ2n) is 10.3. The molecule has 38 heavy (non-hydrogen) atoms. The summed E-state index contributed by atoms with van der Waals surface area (Å²) in [6.45, 7) is 5.33. The number of fused-ring (bicyclic) bond motifs is 2. The zero-order valence-corrected chi connectivity index (χ0v) is 22.9. The van der Waals surface area contributed by atoms with E-state index in [2.05, 4.69) is 10.3 Å². The van der Waals surface area contributed by atoms with Crippen LogP contribution in [0.1, 0.15) is 26.3 Å². The molecule has 0 saturated carbocycles. The number of aliphatic imine (C=N–C) groups is 1. The molecule has 0 bridgehead atoms. The highest BCUT2D eigenvalue weighted by atomic mass is 32.2. The molecule has 3 atom stereocenters. The van der Waals surface area contributed by atoms with Crippen molar-refractivity contribution in [3.8, 4) is 11.5 Å². The summed E-state index contributed by atoms with van der Waals surface area (Å²) >= 11 is 1.26. The molecule has 1 N–H and O–H groups in total. The van der Waals surface area contributed by atoms with Crippen LogP contribution in [0.2, 0.25) is 0 Å². The lowest BCUT2D eigenvalue weighted by Crippen LogP contribution is -2.45. The molecule has 3 aliphatic rings. The van der Waals surface area contributed by atoms with Gasteiger partial charge in [-0.15, -0.1) is 0 Å². The van der Waals surface area contributed by atoms with Crippen molar-refractivity contribution in [3.05, 3.63) is 54.1 Å². The molecule has 2 aromatic rings. The average Bonchev–Trinajstić information content (AvgIpc) is 3.49. The van der Waals surface area contributed by atoms with Gasteiger partial charge in [0.05, 0.1) is 17.5 Å². The topological polar surface area (TPSA) is 124 Å². The Morgan fingerprint density at radius 3 is 2.61 bits per heavy atom. The van der Waals surface area contributed by atoms with Gasteiger partial charge in [0.25, 0.3) is 5.91 Å². The molecule has 2 saturated heterocycles. The fraction of sp³-hybridized carbons (Fsp3) is 0.423. The Morgan fingerprint density at radius 1 is 1.13 bits per heavy atom. The van der Waals surface area contributed by atoms with Crippen molar-refractivity contribution in [2.75, 3.05) is 23.2 Å². The standard InChI is InChI=1S/C26H29N3O7S2/c1-26(2,3)36-25(31)27-18(11-16-7-5-4-6-8-16)23(30)28-24-29(19-13-38(32,33)14-22(19)37-24)17-9-10-20-21(12-17)35-15-34-20/h4-10,12,18-19,22H,11,13-15H2,1-3H3,(H,27,31)/t18-,19+,22-/m0/s1. The van der Waals surface area contributed by atoms with Gasteiger partial charge in [0.1, 0.15) is 11.6 Å². The van der Waals surface area contributed by atoms with Gasteiger partial charge in [0.15, 0.2) is 26.5 Å². The molecule has 0 aromatic heterocycles. The molecule has 0 radical (unpaired) electrons. The number of thioether (sulfide) groups is 1. The number of alkyl carbamates (subject to hydrolysis) is 1. The first-order valence-electron chi connectivity index (χ1n) is 12.2. The number of benzene rings is 2. The van der Waals surface area contributed by atoms with Crippen LogP contribution in [-0.2, 0) is 25.8 Å². The summed E-state index contributed by atoms with van der Waals surface area (Å²) < 4.78 is 41.2. The molecular formula is C26H29N3O7S2. The number of amides is 2. The van der Waals surface area contributed by atoms with Crippen molar-refractivity contribution in [2.24, 2.45) is 4.99 Å². The zero-order valence-electron chi connectivity index (χ0n) is 21.2. The van der Waals surface area contributed by atoms with Crippen LogP contribution in [-0.4, -0.2) is 66.8 Å². The molecule has 3 aliphatic heterocycles. The third-order valence-electron chi connectivity index (χ3n) is 6.18. The van der Waals surface area contributed by atoms with E-state index < -0.39 is 33.5 Å². The van der Waals surface area contributed by atoms with Gasteiger partial charge in [0.2, 0.25) is 6.79 Å². The predicted molar refractivity (Wildman–Crippen MR) is 145 cm³/mol. The summed E-state index contributed by atoms with van der Waals surface area (Å²) in [6, 6.07) is 13.2. The first-order chi connectivity index (χ1) is 18.0. The summed E-state index contributed by atoms with van der Waals surface area (Å²) in [4.78, 5) is 32.4. The maximum absolute atomic E-state index is 13.6. The molecule has 10 nitrogen and oxygen atoms in total. The van der Waals surface area contributed by atoms with Gasteiger partial charge in [-0.3, -0.25) is 4.79 Å². The van der Waals surface area contributed by atoms with Gasteiger partial charge >= 0.3 is 6.09 Å². The smallest absolute Gasteiger partial charge is 0.408 e. The quantitative estimate of drug-likeness (QED) is 0.588. The minimum Gasteiger partial charge on any atom is -0.454 e. The van der Waals surface area contributed by atoms with Crippen LogP contribution in [0.3, 0.4) is 0 Å². The number of hydrogen-bond donors (Lipinski definition) is 1. The van der Waals surface area contributed by atoms with Crippen LogP contribution >= 0.6 is 11.8 Å². The third kappa shape index (κ3) is 5.91. The number of nitrogens with zero attached hydrogens (tertiary/aromatic N) is 2. The number of carbonyl (C=O) groups is 2. The van der Waals surface area contributed by atoms with Crippen LogP contribution in [0.25, 0.3) is 0 Å². The molecule has 0 unspecified atom stereocenters. The summed E-state index contributed by atoms with van der Waals surface area (Å²) in [5.41, 5.74) is 0.755. The van der Waals surface area contributed by atoms with E-state index in [1.807, 2.05) is 30.3 Å². The minimum absolute atomic E-state index is 0.000197. The SMILES string of the molecule is CC(C)(C)OC(=O)N[C@@H](Cc1ccccc1)C(=O)N=C1S[C@H]2CS(=O)(=O)C[C@H]2N1c1ccc2c(c1)OCO2. The monoisotopic (exact) mass is 559 g/mol. The Balaban J connectivity index is 1.46. The first-order valence-corrected chi connectivity index (χ1v) is 14.9. The lowest BCUT2D eigenvalue weighted by Gasteiger charge is -2.25. The van der Waals surface area contributed by atoms with Crippen LogP contribution in [0.5, 0.6) is 11.5 Å². The van der Waals surface area contributed by atoms with Crippen molar-refractivity contribution in [2.45, 2.75) is 50.1 Å². The average molecular weight is 560 g/mol. The van der Waals surface area contributed by atoms with Gasteiger partial charge in [-0.25, -0.2) is 13.2 Å². The lowest BCUT2D eigenvalue weighted by atomic mass is 10.1. The third-order valence-corrected chi connectivity index (χ3v) is 9.39. The maximum atomic E-state index is 13.6. The summed E-state index contributed by atoms with van der Waals surface area (Å²) in [5, 5.41) is 2.77. The molecule has 2 amide bonds. The molecular weight excluding hydrogens is 530 g/mol. The van der Waals surface area contributed by atoms with Crippen molar-refractivity contribution < 1.29 is 32.2 Å². The van der Waals surface area contributed by atoms with Crippen LogP contribution < -0.4 is 19.7 Å². The highest BCUT2D eigenvalue weighted by Gasteiger charge is 2.49. The normalized spacial score (nSPS) is 23.2. The summed E-state index contributed by atoms with van der Waals surface area (Å²) in [5.74, 6) is 0.526. The number of hydrogen-bond acceptors (Lipinski definition) is 8. The molecule has 202 valence electrons. The molecule has 2 aromatic carbocycles. The Kier molecular flexibility index (Phi) is 7.03. The van der Waals surface area contributed by atoms with E-state index >= 15 is 0 Å². The van der Waals surface area contributed by atoms with Gasteiger partial charge in [-0.05, 0) is 38.5 Å². The summed E-state index contributed by atoms with van der Waals surface area (Å²) in [7, 11) is -3.23. The maximum Gasteiger partial charge on any atom is 0.408 e. The van der Waals surface area contributed by atoms with E-state index in [1.54, 1.807) is 43.9 Å². The molecule has 0 spiro atoms. The number of anilines is 1. The van der Waals surface area contributed by atoms with Crippen LogP contribution in [0.4, 0.5) is 10.5 Å². The predicted octanol–water partition coefficient (Wildman–Crippen LogP) is 3.15. The Morgan fingerprint density at radius 2 is 1.87 bits per heavy atom. The van der Waals surface area contributed by atoms with Gasteiger partial charge < -0.3 is 24.4 Å². The van der Waals surface area contributed by atoms with Gasteiger partial charge in [-0.2, -0.15) is 4.99 Å². The molecule has 2 fully saturated rings. The Labute approximate surface area is 225 Å². The highest BCUT2D eigenvalue weighted by molar-refractivity contribution is 8.16. The summed E-state index contributed by atoms with van der Waals surface area (Å²) in [6.07, 6.45) is -0.507. The Bertz CT molecular complexity index is 1370. The highest BCUT2D eigenvalue weighted by Crippen LogP contribution is 2.44. The fourth-order valence-electron chi connectivity index (χ4n) is 4.57. The molecule has 5 rings (SSSR count). The second kappa shape index (κ2) is 10.1. The number of amidine groups is 1. The van der Waals surface area contributed by atoms with Crippen molar-refractivity contribution in [1.82, 2.24) is 5.32 Å². The van der Waals surface area contributed by atoms with Gasteiger partial charge in [0, 0.05) is 23.4 Å². The van der Waals surface area contributed by atoms with Crippen molar-refractivity contribution in [1.29, 1.82) is 0 Å². The number of ether oxygens (including phenoxy) is 3. The molecule has 12 heteroatoms. The molecule has 0 aliphatic carbocycles. The molecule has 3 heterocycles. The van der Waals surface area contributed by atoms with Crippen LogP contribution in [0, 0.1) is 0 Å². The lowest BCUT2D eigenvalue weighted by molar-refractivity contribution is -0.119. The van der Waals surface area contributed by atoms with Crippen molar-refractivity contribution >= 4 is 44.5 Å². The largest absolute Gasteiger partial charge is 0.454 e. The van der Waals surface area contributed by atoms with Crippen LogP contribution in [0.15, 0.2) is 53.5 Å². The minimum atomic E-state index is -3.23.